The van der Waals surface area contributed by atoms with Crippen molar-refractivity contribution in [1.29, 1.82) is 0 Å². The molecule has 2 aromatic rings. The zero-order chi connectivity index (χ0) is 30.1. The lowest BCUT2D eigenvalue weighted by molar-refractivity contribution is -0.199. The number of nitrogens with zero attached hydrogens (tertiary/aromatic N) is 2. The van der Waals surface area contributed by atoms with Crippen LogP contribution < -0.4 is 0 Å². The van der Waals surface area contributed by atoms with Crippen molar-refractivity contribution in [1.82, 2.24) is 9.96 Å². The van der Waals surface area contributed by atoms with Gasteiger partial charge in [-0.2, -0.15) is 0 Å². The highest BCUT2D eigenvalue weighted by Crippen LogP contribution is 2.45. The van der Waals surface area contributed by atoms with E-state index >= 15 is 0 Å². The number of rotatable bonds is 9. The van der Waals surface area contributed by atoms with Crippen LogP contribution in [0.25, 0.3) is 0 Å². The van der Waals surface area contributed by atoms with Gasteiger partial charge in [-0.15, -0.1) is 5.06 Å². The van der Waals surface area contributed by atoms with Crippen LogP contribution in [0.2, 0.25) is 10.0 Å². The standard InChI is InChI=1S/C32H38Cl2N2O5/c1-31(2,19-32(3,4)18-30(40)41-36-27(37)14-15-28(36)38)17-29(39)35(5)26-13-11-21(22-8-6-7-9-23(22)26)20-10-12-24(33)25(34)16-20/h6-10,12,16,21,26H,11,13-15,17-19H2,1-5H3/t21-,26-/m1/s1. The fraction of sp³-hybridized carbons (Fsp3) is 0.500. The molecule has 1 saturated heterocycles. The van der Waals surface area contributed by atoms with Gasteiger partial charge in [-0.25, -0.2) is 4.79 Å². The van der Waals surface area contributed by atoms with Crippen LogP contribution in [-0.4, -0.2) is 40.7 Å². The molecule has 1 fully saturated rings. The molecule has 3 amide bonds. The summed E-state index contributed by atoms with van der Waals surface area (Å²) in [7, 11) is 1.87. The molecule has 1 heterocycles. The smallest absolute Gasteiger partial charge is 0.333 e. The van der Waals surface area contributed by atoms with Crippen molar-refractivity contribution in [3.05, 3.63) is 69.2 Å². The first-order chi connectivity index (χ1) is 19.2. The van der Waals surface area contributed by atoms with Crippen molar-refractivity contribution in [3.63, 3.8) is 0 Å². The predicted octanol–water partition coefficient (Wildman–Crippen LogP) is 7.25. The van der Waals surface area contributed by atoms with Crippen LogP contribution in [-0.2, 0) is 24.0 Å². The van der Waals surface area contributed by atoms with Crippen LogP contribution in [0, 0.1) is 10.8 Å². The molecule has 2 aliphatic rings. The third kappa shape index (κ3) is 7.31. The molecule has 7 nitrogen and oxygen atoms in total. The van der Waals surface area contributed by atoms with E-state index in [1.165, 1.54) is 5.56 Å². The van der Waals surface area contributed by atoms with Crippen molar-refractivity contribution < 1.29 is 24.0 Å². The molecular weight excluding hydrogens is 563 g/mol. The number of carbonyl (C=O) groups excluding carboxylic acids is 4. The average Bonchev–Trinajstić information content (AvgIpc) is 3.19. The average molecular weight is 602 g/mol. The Bertz CT molecular complexity index is 1340. The Hall–Kier alpha value is -2.90. The van der Waals surface area contributed by atoms with Crippen LogP contribution >= 0.6 is 23.2 Å². The highest BCUT2D eigenvalue weighted by Gasteiger charge is 2.38. The Morgan fingerprint density at radius 3 is 2.15 bits per heavy atom. The maximum atomic E-state index is 13.6. The first-order valence-electron chi connectivity index (χ1n) is 14.0. The normalized spacial score (nSPS) is 19.2. The molecular formula is C32H38Cl2N2O5. The molecule has 220 valence electrons. The summed E-state index contributed by atoms with van der Waals surface area (Å²) >= 11 is 12.5. The molecule has 0 bridgehead atoms. The van der Waals surface area contributed by atoms with Crippen LogP contribution in [0.5, 0.6) is 0 Å². The number of carbonyl (C=O) groups is 4. The topological polar surface area (TPSA) is 84.0 Å². The fourth-order valence-electron chi connectivity index (χ4n) is 6.56. The molecule has 0 unspecified atom stereocenters. The monoisotopic (exact) mass is 600 g/mol. The Morgan fingerprint density at radius 1 is 0.902 bits per heavy atom. The number of hydrogen-bond donors (Lipinski definition) is 0. The molecule has 0 aromatic heterocycles. The van der Waals surface area contributed by atoms with Gasteiger partial charge in [0.1, 0.15) is 0 Å². The zero-order valence-electron chi connectivity index (χ0n) is 24.3. The van der Waals surface area contributed by atoms with Gasteiger partial charge in [0, 0.05) is 32.2 Å². The highest BCUT2D eigenvalue weighted by atomic mass is 35.5. The third-order valence-corrected chi connectivity index (χ3v) is 8.81. The molecule has 2 atom stereocenters. The van der Waals surface area contributed by atoms with Gasteiger partial charge in [0.15, 0.2) is 0 Å². The molecule has 9 heteroatoms. The lowest BCUT2D eigenvalue weighted by Gasteiger charge is -2.39. The maximum absolute atomic E-state index is 13.6. The molecule has 41 heavy (non-hydrogen) atoms. The van der Waals surface area contributed by atoms with E-state index in [-0.39, 0.29) is 37.1 Å². The van der Waals surface area contributed by atoms with E-state index in [1.807, 2.05) is 70.0 Å². The largest absolute Gasteiger partial charge is 0.339 e. The summed E-state index contributed by atoms with van der Waals surface area (Å²) < 4.78 is 0. The van der Waals surface area contributed by atoms with Gasteiger partial charge in [-0.1, -0.05) is 81.2 Å². The number of hydroxylamine groups is 2. The minimum absolute atomic E-state index is 0.0175. The van der Waals surface area contributed by atoms with Gasteiger partial charge >= 0.3 is 5.97 Å². The SMILES string of the molecule is CN(C(=O)CC(C)(C)CC(C)(C)CC(=O)ON1C(=O)CCC1=O)[C@@H]1CC[C@H](c2ccc(Cl)c(Cl)c2)c2ccccc21. The lowest BCUT2D eigenvalue weighted by atomic mass is 9.71. The van der Waals surface area contributed by atoms with E-state index < -0.39 is 28.6 Å². The summed E-state index contributed by atoms with van der Waals surface area (Å²) in [5.74, 6) is -1.42. The van der Waals surface area contributed by atoms with Gasteiger partial charge in [0.2, 0.25) is 5.91 Å². The molecule has 1 aliphatic carbocycles. The van der Waals surface area contributed by atoms with Crippen LogP contribution in [0.3, 0.4) is 0 Å². The minimum atomic E-state index is -0.631. The van der Waals surface area contributed by atoms with Crippen LogP contribution in [0.4, 0.5) is 0 Å². The van der Waals surface area contributed by atoms with E-state index in [2.05, 4.69) is 12.1 Å². The number of benzene rings is 2. The summed E-state index contributed by atoms with van der Waals surface area (Å²) in [5.41, 5.74) is 2.51. The molecule has 2 aromatic carbocycles. The predicted molar refractivity (Wildman–Crippen MR) is 158 cm³/mol. The summed E-state index contributed by atoms with van der Waals surface area (Å²) in [4.78, 5) is 56.7. The fourth-order valence-corrected chi connectivity index (χ4v) is 6.86. The van der Waals surface area contributed by atoms with Gasteiger partial charge in [0.25, 0.3) is 11.8 Å². The Balaban J connectivity index is 1.41. The lowest BCUT2D eigenvalue weighted by Crippen LogP contribution is -2.38. The first-order valence-corrected chi connectivity index (χ1v) is 14.8. The Kier molecular flexibility index (Phi) is 9.19. The van der Waals surface area contributed by atoms with Gasteiger partial charge in [-0.05, 0) is 58.9 Å². The van der Waals surface area contributed by atoms with Crippen molar-refractivity contribution in [3.8, 4) is 0 Å². The summed E-state index contributed by atoms with van der Waals surface area (Å²) in [6.07, 6.45) is 2.69. The van der Waals surface area contributed by atoms with Crippen molar-refractivity contribution in [2.24, 2.45) is 10.8 Å². The molecule has 1 aliphatic heterocycles. The Labute approximate surface area is 252 Å². The third-order valence-electron chi connectivity index (χ3n) is 8.07. The van der Waals surface area contributed by atoms with Gasteiger partial charge in [-0.3, -0.25) is 14.4 Å². The van der Waals surface area contributed by atoms with E-state index in [9.17, 15) is 19.2 Å². The second-order valence-corrected chi connectivity index (χ2v) is 13.7. The second kappa shape index (κ2) is 12.1. The second-order valence-electron chi connectivity index (χ2n) is 12.9. The summed E-state index contributed by atoms with van der Waals surface area (Å²) in [5, 5.41) is 1.64. The Morgan fingerprint density at radius 2 is 1.51 bits per heavy atom. The van der Waals surface area contributed by atoms with Crippen LogP contribution in [0.1, 0.15) is 101 Å². The minimum Gasteiger partial charge on any atom is -0.339 e. The molecule has 0 N–H and O–H groups in total. The number of halogens is 2. The number of fused-ring (bicyclic) bond motifs is 1. The zero-order valence-corrected chi connectivity index (χ0v) is 25.8. The summed E-state index contributed by atoms with van der Waals surface area (Å²) in [6, 6.07) is 14.0. The number of imide groups is 1. The highest BCUT2D eigenvalue weighted by molar-refractivity contribution is 6.42. The molecule has 0 radical (unpaired) electrons. The van der Waals surface area contributed by atoms with E-state index in [1.54, 1.807) is 0 Å². The summed E-state index contributed by atoms with van der Waals surface area (Å²) in [6.45, 7) is 7.90. The maximum Gasteiger partial charge on any atom is 0.333 e. The van der Waals surface area contributed by atoms with Gasteiger partial charge < -0.3 is 9.74 Å². The van der Waals surface area contributed by atoms with Crippen LogP contribution in [0.15, 0.2) is 42.5 Å². The van der Waals surface area contributed by atoms with Crippen molar-refractivity contribution >= 4 is 46.9 Å². The quantitative estimate of drug-likeness (QED) is 0.283. The van der Waals surface area contributed by atoms with E-state index in [0.717, 1.165) is 24.0 Å². The van der Waals surface area contributed by atoms with Gasteiger partial charge in [0.05, 0.1) is 22.5 Å². The number of amides is 3. The number of hydrogen-bond acceptors (Lipinski definition) is 5. The van der Waals surface area contributed by atoms with Crippen molar-refractivity contribution in [2.45, 2.75) is 84.6 Å². The van der Waals surface area contributed by atoms with Crippen molar-refractivity contribution in [2.75, 3.05) is 7.05 Å². The first kappa shape index (κ1) is 31.0. The molecule has 0 saturated carbocycles. The molecule has 0 spiro atoms. The molecule has 4 rings (SSSR count). The van der Waals surface area contributed by atoms with E-state index in [4.69, 9.17) is 28.0 Å². The van der Waals surface area contributed by atoms with E-state index in [0.29, 0.717) is 28.0 Å².